The number of carbonyl (C=O) groups is 1. The lowest BCUT2D eigenvalue weighted by molar-refractivity contribution is 0.104. The van der Waals surface area contributed by atoms with Crippen LogP contribution in [0.2, 0.25) is 0 Å². The summed E-state index contributed by atoms with van der Waals surface area (Å²) in [5.74, 6) is 0.154. The van der Waals surface area contributed by atoms with Crippen molar-refractivity contribution in [1.29, 1.82) is 0 Å². The predicted octanol–water partition coefficient (Wildman–Crippen LogP) is 6.06. The summed E-state index contributed by atoms with van der Waals surface area (Å²) in [4.78, 5) is 14.9. The smallest absolute Gasteiger partial charge is 0.189 e. The maximum atomic E-state index is 12.6. The van der Waals surface area contributed by atoms with Crippen LogP contribution in [0.25, 0.3) is 16.5 Å². The summed E-state index contributed by atoms with van der Waals surface area (Å²) >= 11 is 1.68. The molecule has 4 rings (SSSR count). The average Bonchev–Trinajstić information content (AvgIpc) is 3.29. The molecule has 1 aromatic heterocycles. The lowest BCUT2D eigenvalue weighted by Gasteiger charge is -1.99. The van der Waals surface area contributed by atoms with Gasteiger partial charge in [0.15, 0.2) is 5.78 Å². The van der Waals surface area contributed by atoms with Crippen LogP contribution in [0.15, 0.2) is 60.2 Å². The van der Waals surface area contributed by atoms with E-state index < -0.39 is 0 Å². The second-order valence-corrected chi connectivity index (χ2v) is 7.51. The number of Topliss-reactive ketones (excluding diaryl/α,β-unsaturated/α-hetero) is 1. The second-order valence-electron chi connectivity index (χ2n) is 6.39. The summed E-state index contributed by atoms with van der Waals surface area (Å²) < 4.78 is 0. The summed E-state index contributed by atoms with van der Waals surface area (Å²) in [6, 6.07) is 18.2. The third kappa shape index (κ3) is 4.10. The summed E-state index contributed by atoms with van der Waals surface area (Å²) in [6.45, 7) is 6.08. The Morgan fingerprint density at radius 1 is 1.04 bits per heavy atom. The predicted molar refractivity (Wildman–Crippen MR) is 114 cm³/mol. The van der Waals surface area contributed by atoms with Gasteiger partial charge in [-0.2, -0.15) is 0 Å². The van der Waals surface area contributed by atoms with Gasteiger partial charge in [-0.05, 0) is 47.9 Å². The molecule has 1 heterocycles. The highest BCUT2D eigenvalue weighted by Gasteiger charge is 2.24. The van der Waals surface area contributed by atoms with E-state index in [0.29, 0.717) is 6.42 Å². The van der Waals surface area contributed by atoms with Gasteiger partial charge in [0.1, 0.15) is 0 Å². The summed E-state index contributed by atoms with van der Waals surface area (Å²) in [6.07, 6.45) is 2.74. The number of thiophene rings is 1. The number of fused-ring (bicyclic) bond motifs is 1. The Hall–Kier alpha value is -2.49. The molecule has 2 nitrogen and oxygen atoms in total. The molecule has 0 unspecified atom stereocenters. The normalized spacial score (nSPS) is 14.1. The van der Waals surface area contributed by atoms with Gasteiger partial charge >= 0.3 is 0 Å². The van der Waals surface area contributed by atoms with Crippen molar-refractivity contribution in [3.63, 3.8) is 0 Å². The SMILES string of the molecule is CC.Cc1ccc2c(c1)C(=O)/C(=C/c1ccc(-c3ccc(CO)cc3)s1)C2. The first-order valence-electron chi connectivity index (χ1n) is 9.29. The number of benzene rings is 2. The highest BCUT2D eigenvalue weighted by molar-refractivity contribution is 7.16. The molecule has 0 radical (unpaired) electrons. The zero-order valence-corrected chi connectivity index (χ0v) is 16.8. The zero-order chi connectivity index (χ0) is 19.4. The molecule has 1 aliphatic carbocycles. The lowest BCUT2D eigenvalue weighted by Crippen LogP contribution is -1.95. The Bertz CT molecular complexity index is 978. The summed E-state index contributed by atoms with van der Waals surface area (Å²) in [5, 5.41) is 9.14. The van der Waals surface area contributed by atoms with Gasteiger partial charge in [-0.25, -0.2) is 0 Å². The standard InChI is InChI=1S/C22H18O2S.C2H6/c1-14-2-5-17-11-18(22(24)20(17)10-14)12-19-8-9-21(25-19)16-6-3-15(13-23)4-7-16;1-2/h2-10,12,23H,11,13H2,1H3;1-2H3/b18-12+;. The van der Waals surface area contributed by atoms with Gasteiger partial charge in [0, 0.05) is 27.3 Å². The van der Waals surface area contributed by atoms with Crippen molar-refractivity contribution < 1.29 is 9.90 Å². The molecule has 0 spiro atoms. The molecule has 3 aromatic rings. The molecule has 0 bridgehead atoms. The number of carbonyl (C=O) groups excluding carboxylic acids is 1. The molecule has 0 saturated heterocycles. The molecule has 0 saturated carbocycles. The zero-order valence-electron chi connectivity index (χ0n) is 16.0. The Kier molecular flexibility index (Phi) is 6.04. The van der Waals surface area contributed by atoms with E-state index in [9.17, 15) is 4.79 Å². The number of allylic oxidation sites excluding steroid dienone is 1. The van der Waals surface area contributed by atoms with Crippen molar-refractivity contribution in [2.75, 3.05) is 0 Å². The number of hydrogen-bond acceptors (Lipinski definition) is 3. The van der Waals surface area contributed by atoms with E-state index in [2.05, 4.69) is 24.3 Å². The molecule has 0 atom stereocenters. The van der Waals surface area contributed by atoms with Crippen LogP contribution >= 0.6 is 11.3 Å². The van der Waals surface area contributed by atoms with E-state index in [-0.39, 0.29) is 12.4 Å². The molecule has 1 aliphatic rings. The maximum Gasteiger partial charge on any atom is 0.189 e. The minimum absolute atomic E-state index is 0.0597. The molecule has 2 aromatic carbocycles. The van der Waals surface area contributed by atoms with E-state index in [0.717, 1.165) is 43.1 Å². The second kappa shape index (κ2) is 8.47. The quantitative estimate of drug-likeness (QED) is 0.564. The highest BCUT2D eigenvalue weighted by Crippen LogP contribution is 2.33. The van der Waals surface area contributed by atoms with Crippen molar-refractivity contribution in [3.05, 3.63) is 87.3 Å². The maximum absolute atomic E-state index is 12.6. The van der Waals surface area contributed by atoms with Crippen LogP contribution in [-0.4, -0.2) is 10.9 Å². The number of rotatable bonds is 3. The summed E-state index contributed by atoms with van der Waals surface area (Å²) in [5.41, 5.74) is 6.00. The number of ketones is 1. The van der Waals surface area contributed by atoms with Gasteiger partial charge in [0.2, 0.25) is 0 Å². The first-order valence-corrected chi connectivity index (χ1v) is 10.1. The molecule has 1 N–H and O–H groups in total. The lowest BCUT2D eigenvalue weighted by atomic mass is 10.1. The van der Waals surface area contributed by atoms with Crippen LogP contribution in [0.3, 0.4) is 0 Å². The van der Waals surface area contributed by atoms with Crippen molar-refractivity contribution in [1.82, 2.24) is 0 Å². The number of hydrogen-bond donors (Lipinski definition) is 1. The van der Waals surface area contributed by atoms with Crippen LogP contribution in [-0.2, 0) is 13.0 Å². The number of aliphatic hydroxyl groups is 1. The minimum Gasteiger partial charge on any atom is -0.392 e. The third-order valence-corrected chi connectivity index (χ3v) is 5.63. The number of aryl methyl sites for hydroxylation is 1. The first kappa shape index (κ1) is 19.3. The van der Waals surface area contributed by atoms with E-state index in [1.54, 1.807) is 11.3 Å². The van der Waals surface area contributed by atoms with E-state index >= 15 is 0 Å². The third-order valence-electron chi connectivity index (χ3n) is 4.55. The molecule has 0 fully saturated rings. The first-order chi connectivity index (χ1) is 13.1. The van der Waals surface area contributed by atoms with Gasteiger partial charge in [-0.15, -0.1) is 11.3 Å². The van der Waals surface area contributed by atoms with E-state index in [4.69, 9.17) is 5.11 Å². The topological polar surface area (TPSA) is 37.3 Å². The summed E-state index contributed by atoms with van der Waals surface area (Å²) in [7, 11) is 0. The number of aliphatic hydroxyl groups excluding tert-OH is 1. The molecule has 3 heteroatoms. The van der Waals surface area contributed by atoms with Crippen LogP contribution < -0.4 is 0 Å². The fourth-order valence-corrected chi connectivity index (χ4v) is 4.14. The monoisotopic (exact) mass is 376 g/mol. The average molecular weight is 377 g/mol. The van der Waals surface area contributed by atoms with Crippen molar-refractivity contribution in [2.45, 2.75) is 33.8 Å². The largest absolute Gasteiger partial charge is 0.392 e. The van der Waals surface area contributed by atoms with Crippen LogP contribution in [0, 0.1) is 6.92 Å². The van der Waals surface area contributed by atoms with Crippen molar-refractivity contribution >= 4 is 23.2 Å². The van der Waals surface area contributed by atoms with Gasteiger partial charge in [0.25, 0.3) is 0 Å². The molecule has 27 heavy (non-hydrogen) atoms. The Labute approximate surface area is 164 Å². The molecule has 0 aliphatic heterocycles. The molecular weight excluding hydrogens is 352 g/mol. The van der Waals surface area contributed by atoms with Gasteiger partial charge in [-0.3, -0.25) is 4.79 Å². The Morgan fingerprint density at radius 3 is 2.48 bits per heavy atom. The van der Waals surface area contributed by atoms with Gasteiger partial charge in [0.05, 0.1) is 6.61 Å². The fraction of sp³-hybridized carbons (Fsp3) is 0.208. The van der Waals surface area contributed by atoms with E-state index in [1.165, 1.54) is 0 Å². The van der Waals surface area contributed by atoms with Crippen molar-refractivity contribution in [2.24, 2.45) is 0 Å². The molecule has 0 amide bonds. The highest BCUT2D eigenvalue weighted by atomic mass is 32.1. The van der Waals surface area contributed by atoms with Crippen molar-refractivity contribution in [3.8, 4) is 10.4 Å². The van der Waals surface area contributed by atoms with Crippen LogP contribution in [0.1, 0.15) is 45.8 Å². The van der Waals surface area contributed by atoms with Crippen LogP contribution in [0.5, 0.6) is 0 Å². The Balaban J connectivity index is 0.00000102. The van der Waals surface area contributed by atoms with Gasteiger partial charge in [-0.1, -0.05) is 55.8 Å². The Morgan fingerprint density at radius 2 is 1.78 bits per heavy atom. The fourth-order valence-electron chi connectivity index (χ4n) is 3.16. The molecular formula is C24H24O2S. The van der Waals surface area contributed by atoms with E-state index in [1.807, 2.05) is 57.2 Å². The van der Waals surface area contributed by atoms with Gasteiger partial charge < -0.3 is 5.11 Å². The molecule has 138 valence electrons. The minimum atomic E-state index is 0.0597. The van der Waals surface area contributed by atoms with Crippen LogP contribution in [0.4, 0.5) is 0 Å².